The van der Waals surface area contributed by atoms with Crippen LogP contribution in [0.25, 0.3) is 10.9 Å². The average Bonchev–Trinajstić information content (AvgIpc) is 3.11. The van der Waals surface area contributed by atoms with Crippen molar-refractivity contribution in [1.82, 2.24) is 4.57 Å². The molecule has 2 aromatic rings. The van der Waals surface area contributed by atoms with Gasteiger partial charge in [-0.3, -0.25) is 9.59 Å². The van der Waals surface area contributed by atoms with E-state index in [1.807, 2.05) is 83.5 Å². The lowest BCUT2D eigenvalue weighted by Crippen LogP contribution is -2.41. The molecule has 1 saturated heterocycles. The third kappa shape index (κ3) is 5.02. The standard InChI is InChI=1S/C24H34BNO6/c1-22(2,3)30-21(28)15-26-14-17(16-11-9-10-12-19(16)26)18(13-20(27)29-8)25-31-23(4,5)24(6,7)32-25/h9-12,14,18H,13,15H2,1-8H3. The van der Waals surface area contributed by atoms with E-state index in [4.69, 9.17) is 18.8 Å². The molecule has 1 aromatic heterocycles. The van der Waals surface area contributed by atoms with Gasteiger partial charge in [-0.2, -0.15) is 0 Å². The van der Waals surface area contributed by atoms with E-state index in [1.165, 1.54) is 7.11 Å². The van der Waals surface area contributed by atoms with Crippen LogP contribution in [-0.4, -0.2) is 47.5 Å². The number of rotatable bonds is 6. The van der Waals surface area contributed by atoms with Gasteiger partial charge in [-0.25, -0.2) is 0 Å². The molecule has 1 atom stereocenters. The van der Waals surface area contributed by atoms with Gasteiger partial charge in [-0.1, -0.05) is 18.2 Å². The minimum absolute atomic E-state index is 0.0616. The molecule has 0 bridgehead atoms. The zero-order valence-electron chi connectivity index (χ0n) is 20.4. The predicted molar refractivity (Wildman–Crippen MR) is 123 cm³/mol. The summed E-state index contributed by atoms with van der Waals surface area (Å²) in [6.45, 7) is 13.5. The summed E-state index contributed by atoms with van der Waals surface area (Å²) < 4.78 is 24.9. The van der Waals surface area contributed by atoms with Crippen molar-refractivity contribution in [3.63, 3.8) is 0 Å². The second-order valence-corrected chi connectivity index (χ2v) is 10.3. The van der Waals surface area contributed by atoms with Gasteiger partial charge in [0.25, 0.3) is 0 Å². The smallest absolute Gasteiger partial charge is 0.466 e. The van der Waals surface area contributed by atoms with Crippen molar-refractivity contribution in [1.29, 1.82) is 0 Å². The second kappa shape index (κ2) is 8.56. The molecule has 2 heterocycles. The Morgan fingerprint density at radius 2 is 1.66 bits per heavy atom. The SMILES string of the molecule is COC(=O)CC(B1OC(C)(C)C(C)(C)O1)c1cn(CC(=O)OC(C)(C)C)c2ccccc12. The van der Waals surface area contributed by atoms with Gasteiger partial charge in [-0.15, -0.1) is 0 Å². The van der Waals surface area contributed by atoms with Crippen molar-refractivity contribution in [3.8, 4) is 0 Å². The van der Waals surface area contributed by atoms with E-state index < -0.39 is 29.7 Å². The van der Waals surface area contributed by atoms with Crippen LogP contribution in [-0.2, 0) is 34.9 Å². The number of esters is 2. The number of fused-ring (bicyclic) bond motifs is 1. The molecular weight excluding hydrogens is 409 g/mol. The molecule has 32 heavy (non-hydrogen) atoms. The molecule has 0 aliphatic carbocycles. The van der Waals surface area contributed by atoms with Gasteiger partial charge in [0.1, 0.15) is 12.1 Å². The van der Waals surface area contributed by atoms with Gasteiger partial charge in [0.15, 0.2) is 0 Å². The number of aromatic nitrogens is 1. The number of methoxy groups -OCH3 is 1. The second-order valence-electron chi connectivity index (χ2n) is 10.3. The number of hydrogen-bond donors (Lipinski definition) is 0. The molecular formula is C24H34BNO6. The van der Waals surface area contributed by atoms with E-state index in [-0.39, 0.29) is 24.9 Å². The van der Waals surface area contributed by atoms with Crippen LogP contribution in [0.1, 0.15) is 66.3 Å². The number of benzene rings is 1. The van der Waals surface area contributed by atoms with Crippen molar-refractivity contribution < 1.29 is 28.4 Å². The van der Waals surface area contributed by atoms with Crippen molar-refractivity contribution >= 4 is 30.0 Å². The van der Waals surface area contributed by atoms with Gasteiger partial charge >= 0.3 is 19.1 Å². The van der Waals surface area contributed by atoms with Crippen molar-refractivity contribution in [2.24, 2.45) is 0 Å². The van der Waals surface area contributed by atoms with Crippen LogP contribution in [0, 0.1) is 0 Å². The number of para-hydroxylation sites is 1. The molecule has 0 saturated carbocycles. The van der Waals surface area contributed by atoms with Crippen LogP contribution in [0.4, 0.5) is 0 Å². The minimum Gasteiger partial charge on any atom is -0.469 e. The van der Waals surface area contributed by atoms with E-state index >= 15 is 0 Å². The first-order chi connectivity index (χ1) is 14.7. The lowest BCUT2D eigenvalue weighted by molar-refractivity contribution is -0.155. The highest BCUT2D eigenvalue weighted by molar-refractivity contribution is 6.48. The zero-order chi connectivity index (χ0) is 23.9. The molecule has 0 amide bonds. The van der Waals surface area contributed by atoms with Crippen LogP contribution < -0.4 is 0 Å². The van der Waals surface area contributed by atoms with Crippen LogP contribution in [0.5, 0.6) is 0 Å². The largest absolute Gasteiger partial charge is 0.469 e. The Kier molecular flexibility index (Phi) is 6.51. The molecule has 0 N–H and O–H groups in total. The average molecular weight is 443 g/mol. The molecule has 7 nitrogen and oxygen atoms in total. The summed E-state index contributed by atoms with van der Waals surface area (Å²) in [5.41, 5.74) is 0.0914. The van der Waals surface area contributed by atoms with Crippen LogP contribution >= 0.6 is 0 Å². The van der Waals surface area contributed by atoms with Gasteiger partial charge in [0.05, 0.1) is 24.7 Å². The normalized spacial score (nSPS) is 18.6. The van der Waals surface area contributed by atoms with Gasteiger partial charge in [0, 0.05) is 22.9 Å². The van der Waals surface area contributed by atoms with Crippen molar-refractivity contribution in [3.05, 3.63) is 36.0 Å². The van der Waals surface area contributed by atoms with Crippen molar-refractivity contribution in [2.75, 3.05) is 7.11 Å². The summed E-state index contributed by atoms with van der Waals surface area (Å²) in [7, 11) is 0.731. The lowest BCUT2D eigenvalue weighted by atomic mass is 9.66. The fraction of sp³-hybridized carbons (Fsp3) is 0.583. The monoisotopic (exact) mass is 443 g/mol. The Balaban J connectivity index is 2.03. The Labute approximate surface area is 190 Å². The zero-order valence-corrected chi connectivity index (χ0v) is 20.4. The fourth-order valence-corrected chi connectivity index (χ4v) is 3.88. The highest BCUT2D eigenvalue weighted by atomic mass is 16.7. The molecule has 174 valence electrons. The molecule has 3 rings (SSSR count). The summed E-state index contributed by atoms with van der Waals surface area (Å²) in [6.07, 6.45) is 1.99. The molecule has 1 aromatic carbocycles. The van der Waals surface area contributed by atoms with Crippen LogP contribution in [0.3, 0.4) is 0 Å². The van der Waals surface area contributed by atoms with E-state index in [9.17, 15) is 9.59 Å². The van der Waals surface area contributed by atoms with Crippen molar-refractivity contribution in [2.45, 2.75) is 84.1 Å². The Morgan fingerprint density at radius 1 is 1.06 bits per heavy atom. The fourth-order valence-electron chi connectivity index (χ4n) is 3.88. The first-order valence-electron chi connectivity index (χ1n) is 11.0. The number of nitrogens with zero attached hydrogens (tertiary/aromatic N) is 1. The number of hydrogen-bond acceptors (Lipinski definition) is 6. The van der Waals surface area contributed by atoms with E-state index in [0.717, 1.165) is 16.5 Å². The highest BCUT2D eigenvalue weighted by Gasteiger charge is 2.54. The van der Waals surface area contributed by atoms with Crippen LogP contribution in [0.15, 0.2) is 30.5 Å². The summed E-state index contributed by atoms with van der Waals surface area (Å²) in [5.74, 6) is -1.09. The maximum atomic E-state index is 12.5. The summed E-state index contributed by atoms with van der Waals surface area (Å²) in [5, 5.41) is 0.930. The first kappa shape index (κ1) is 24.3. The van der Waals surface area contributed by atoms with E-state index in [1.54, 1.807) is 0 Å². The molecule has 1 aliphatic rings. The number of carbonyl (C=O) groups excluding carboxylic acids is 2. The summed E-state index contributed by atoms with van der Waals surface area (Å²) in [4.78, 5) is 24.9. The Morgan fingerprint density at radius 3 is 2.22 bits per heavy atom. The maximum Gasteiger partial charge on any atom is 0.466 e. The topological polar surface area (TPSA) is 76.0 Å². The summed E-state index contributed by atoms with van der Waals surface area (Å²) in [6, 6.07) is 7.78. The molecule has 1 aliphatic heterocycles. The first-order valence-corrected chi connectivity index (χ1v) is 11.0. The highest BCUT2D eigenvalue weighted by Crippen LogP contribution is 2.43. The molecule has 8 heteroatoms. The Hall–Kier alpha value is -2.32. The molecule has 1 unspecified atom stereocenters. The van der Waals surface area contributed by atoms with E-state index in [0.29, 0.717) is 0 Å². The predicted octanol–water partition coefficient (Wildman–Crippen LogP) is 4.26. The summed E-state index contributed by atoms with van der Waals surface area (Å²) >= 11 is 0. The van der Waals surface area contributed by atoms with Gasteiger partial charge in [-0.05, 0) is 60.1 Å². The third-order valence-electron chi connectivity index (χ3n) is 6.15. The lowest BCUT2D eigenvalue weighted by Gasteiger charge is -2.32. The molecule has 0 radical (unpaired) electrons. The van der Waals surface area contributed by atoms with Gasteiger partial charge < -0.3 is 23.3 Å². The van der Waals surface area contributed by atoms with E-state index in [2.05, 4.69) is 0 Å². The van der Waals surface area contributed by atoms with Gasteiger partial charge in [0.2, 0.25) is 0 Å². The Bertz CT molecular complexity index is 988. The molecule has 1 fully saturated rings. The maximum absolute atomic E-state index is 12.5. The number of ether oxygens (including phenoxy) is 2. The number of carbonyl (C=O) groups is 2. The van der Waals surface area contributed by atoms with Crippen LogP contribution in [0.2, 0.25) is 0 Å². The quantitative estimate of drug-likeness (QED) is 0.491. The molecule has 0 spiro atoms. The third-order valence-corrected chi connectivity index (χ3v) is 6.15. The minimum atomic E-state index is -0.639.